The minimum atomic E-state index is -0.440. The van der Waals surface area contributed by atoms with E-state index < -0.39 is 6.04 Å². The van der Waals surface area contributed by atoms with Crippen LogP contribution in [0.3, 0.4) is 0 Å². The van der Waals surface area contributed by atoms with E-state index in [0.29, 0.717) is 19.8 Å². The molecule has 0 radical (unpaired) electrons. The first-order chi connectivity index (χ1) is 9.87. The zero-order valence-corrected chi connectivity index (χ0v) is 12.9. The molecule has 3 N–H and O–H groups in total. The summed E-state index contributed by atoms with van der Waals surface area (Å²) >= 11 is 0. The summed E-state index contributed by atoms with van der Waals surface area (Å²) in [7, 11) is 0. The molecule has 1 aliphatic heterocycles. The number of nitrogens with zero attached hydrogens (tertiary/aromatic N) is 2. The molecule has 0 aromatic carbocycles. The van der Waals surface area contributed by atoms with Crippen LogP contribution < -0.4 is 16.0 Å². The van der Waals surface area contributed by atoms with Crippen LogP contribution in [0.25, 0.3) is 0 Å². The molecule has 21 heavy (non-hydrogen) atoms. The maximum atomic E-state index is 11.5. The van der Waals surface area contributed by atoms with Crippen LogP contribution >= 0.6 is 0 Å². The van der Waals surface area contributed by atoms with Crippen LogP contribution in [-0.4, -0.2) is 42.2 Å². The minimum absolute atomic E-state index is 0.0694. The molecule has 1 saturated heterocycles. The van der Waals surface area contributed by atoms with Crippen LogP contribution in [0.2, 0.25) is 0 Å². The second kappa shape index (κ2) is 6.41. The molecule has 0 bridgehead atoms. The van der Waals surface area contributed by atoms with Crippen molar-refractivity contribution in [2.45, 2.75) is 38.9 Å². The van der Waals surface area contributed by atoms with Gasteiger partial charge in [0.2, 0.25) is 5.91 Å². The van der Waals surface area contributed by atoms with Gasteiger partial charge in [0.15, 0.2) is 0 Å². The topological polar surface area (TPSA) is 80.5 Å². The first kappa shape index (κ1) is 15.7. The van der Waals surface area contributed by atoms with E-state index >= 15 is 0 Å². The molecule has 6 heteroatoms. The summed E-state index contributed by atoms with van der Waals surface area (Å²) in [5.41, 5.74) is 6.60. The van der Waals surface area contributed by atoms with Gasteiger partial charge in [0, 0.05) is 24.8 Å². The third-order valence-electron chi connectivity index (χ3n) is 3.38. The van der Waals surface area contributed by atoms with Crippen LogP contribution in [0.15, 0.2) is 18.3 Å². The number of hydrogen-bond acceptors (Lipinski definition) is 5. The quantitative estimate of drug-likeness (QED) is 0.852. The van der Waals surface area contributed by atoms with Crippen molar-refractivity contribution in [3.63, 3.8) is 0 Å². The summed E-state index contributed by atoms with van der Waals surface area (Å²) in [5.74, 6) is 0.386. The van der Waals surface area contributed by atoms with Crippen LogP contribution in [0.5, 0.6) is 0 Å². The van der Waals surface area contributed by atoms with Gasteiger partial charge in [-0.2, -0.15) is 0 Å². The lowest BCUT2D eigenvalue weighted by atomic mass is 10.1. The number of carbonyl (C=O) groups is 1. The number of hydrogen-bond donors (Lipinski definition) is 2. The number of anilines is 1. The monoisotopic (exact) mass is 292 g/mol. The summed E-state index contributed by atoms with van der Waals surface area (Å²) in [4.78, 5) is 17.8. The summed E-state index contributed by atoms with van der Waals surface area (Å²) in [5, 5.41) is 3.42. The van der Waals surface area contributed by atoms with E-state index in [1.807, 2.05) is 23.2 Å². The molecule has 0 saturated carbocycles. The summed E-state index contributed by atoms with van der Waals surface area (Å²) < 4.78 is 5.31. The highest BCUT2D eigenvalue weighted by molar-refractivity contribution is 5.83. The lowest BCUT2D eigenvalue weighted by Crippen LogP contribution is -2.53. The maximum absolute atomic E-state index is 11.5. The number of aromatic nitrogens is 1. The first-order valence-corrected chi connectivity index (χ1v) is 7.20. The molecule has 2 heterocycles. The Kier molecular flexibility index (Phi) is 4.80. The second-order valence-electron chi connectivity index (χ2n) is 6.31. The normalized spacial score (nSPS) is 19.6. The average molecular weight is 292 g/mol. The van der Waals surface area contributed by atoms with Crippen molar-refractivity contribution >= 4 is 11.7 Å². The van der Waals surface area contributed by atoms with Crippen molar-refractivity contribution in [2.24, 2.45) is 5.73 Å². The van der Waals surface area contributed by atoms with Crippen molar-refractivity contribution in [2.75, 3.05) is 24.7 Å². The Balaban J connectivity index is 2.05. The molecule has 2 rings (SSSR count). The molecule has 6 nitrogen and oxygen atoms in total. The van der Waals surface area contributed by atoms with Gasteiger partial charge < -0.3 is 20.7 Å². The molecule has 0 spiro atoms. The number of primary amides is 1. The van der Waals surface area contributed by atoms with Crippen molar-refractivity contribution < 1.29 is 9.53 Å². The number of amides is 1. The summed E-state index contributed by atoms with van der Waals surface area (Å²) in [6.45, 7) is 8.67. The lowest BCUT2D eigenvalue weighted by molar-refractivity contribution is -0.121. The van der Waals surface area contributed by atoms with Crippen LogP contribution in [0.4, 0.5) is 5.82 Å². The minimum Gasteiger partial charge on any atom is -0.377 e. The van der Waals surface area contributed by atoms with E-state index in [4.69, 9.17) is 10.5 Å². The lowest BCUT2D eigenvalue weighted by Gasteiger charge is -2.34. The van der Waals surface area contributed by atoms with Gasteiger partial charge in [-0.3, -0.25) is 4.79 Å². The first-order valence-electron chi connectivity index (χ1n) is 7.20. The average Bonchev–Trinajstić information content (AvgIpc) is 2.45. The Hall–Kier alpha value is -1.66. The molecule has 1 aliphatic rings. The number of nitrogens with one attached hydrogen (secondary N) is 1. The van der Waals surface area contributed by atoms with E-state index in [9.17, 15) is 4.79 Å². The Morgan fingerprint density at radius 2 is 2.29 bits per heavy atom. The molecular formula is C15H24N4O2. The predicted molar refractivity (Wildman–Crippen MR) is 82.0 cm³/mol. The number of rotatable bonds is 4. The van der Waals surface area contributed by atoms with E-state index in [-0.39, 0.29) is 11.4 Å². The van der Waals surface area contributed by atoms with Gasteiger partial charge >= 0.3 is 0 Å². The fourth-order valence-electron chi connectivity index (χ4n) is 2.17. The molecule has 0 aliphatic carbocycles. The number of carbonyl (C=O) groups excluding carboxylic acids is 1. The van der Waals surface area contributed by atoms with Crippen molar-refractivity contribution in [1.82, 2.24) is 10.3 Å². The van der Waals surface area contributed by atoms with Gasteiger partial charge in [0.05, 0.1) is 13.2 Å². The Labute approximate surface area is 125 Å². The van der Waals surface area contributed by atoms with Crippen molar-refractivity contribution in [3.8, 4) is 0 Å². The standard InChI is InChI=1S/C15H24N4O2/c1-15(2,3)18-9-11-4-5-13(17-8-11)19-6-7-21-10-12(19)14(16)20/h4-5,8,12,18H,6-7,9-10H2,1-3H3,(H2,16,20). The largest absolute Gasteiger partial charge is 0.377 e. The van der Waals surface area contributed by atoms with Gasteiger partial charge in [0.1, 0.15) is 11.9 Å². The third-order valence-corrected chi connectivity index (χ3v) is 3.38. The van der Waals surface area contributed by atoms with Gasteiger partial charge in [-0.25, -0.2) is 4.98 Å². The molecule has 1 fully saturated rings. The van der Waals surface area contributed by atoms with E-state index in [2.05, 4.69) is 31.1 Å². The Morgan fingerprint density at radius 1 is 1.52 bits per heavy atom. The molecular weight excluding hydrogens is 268 g/mol. The summed E-state index contributed by atoms with van der Waals surface area (Å²) in [6.07, 6.45) is 1.83. The fraction of sp³-hybridized carbons (Fsp3) is 0.600. The van der Waals surface area contributed by atoms with Gasteiger partial charge in [0.25, 0.3) is 0 Å². The van der Waals surface area contributed by atoms with Gasteiger partial charge in [-0.05, 0) is 32.4 Å². The molecule has 1 amide bonds. The molecule has 1 aromatic heterocycles. The highest BCUT2D eigenvalue weighted by Gasteiger charge is 2.28. The second-order valence-corrected chi connectivity index (χ2v) is 6.31. The number of pyridine rings is 1. The number of morpholine rings is 1. The van der Waals surface area contributed by atoms with Crippen molar-refractivity contribution in [3.05, 3.63) is 23.9 Å². The van der Waals surface area contributed by atoms with Crippen molar-refractivity contribution in [1.29, 1.82) is 0 Å². The van der Waals surface area contributed by atoms with E-state index in [0.717, 1.165) is 17.9 Å². The Morgan fingerprint density at radius 3 is 2.86 bits per heavy atom. The smallest absolute Gasteiger partial charge is 0.242 e. The SMILES string of the molecule is CC(C)(C)NCc1ccc(N2CCOCC2C(N)=O)nc1. The van der Waals surface area contributed by atoms with E-state index in [1.165, 1.54) is 0 Å². The van der Waals surface area contributed by atoms with Crippen LogP contribution in [0.1, 0.15) is 26.3 Å². The maximum Gasteiger partial charge on any atom is 0.242 e. The van der Waals surface area contributed by atoms with Gasteiger partial charge in [-0.15, -0.1) is 0 Å². The third kappa shape index (κ3) is 4.41. The fourth-order valence-corrected chi connectivity index (χ4v) is 2.17. The number of ether oxygens (including phenoxy) is 1. The molecule has 1 unspecified atom stereocenters. The highest BCUT2D eigenvalue weighted by atomic mass is 16.5. The van der Waals surface area contributed by atoms with E-state index in [1.54, 1.807) is 0 Å². The number of nitrogens with two attached hydrogens (primary N) is 1. The predicted octanol–water partition coefficient (Wildman–Crippen LogP) is 0.660. The molecule has 116 valence electrons. The van der Waals surface area contributed by atoms with Crippen LogP contribution in [-0.2, 0) is 16.1 Å². The molecule has 1 atom stereocenters. The van der Waals surface area contributed by atoms with Gasteiger partial charge in [-0.1, -0.05) is 6.07 Å². The zero-order chi connectivity index (χ0) is 15.5. The zero-order valence-electron chi connectivity index (χ0n) is 12.9. The Bertz CT molecular complexity index is 481. The molecule has 1 aromatic rings. The summed E-state index contributed by atoms with van der Waals surface area (Å²) in [6, 6.07) is 3.51. The highest BCUT2D eigenvalue weighted by Crippen LogP contribution is 2.17. The van der Waals surface area contributed by atoms with Crippen LogP contribution in [0, 0.1) is 0 Å².